The number of pyridine rings is 1. The Morgan fingerprint density at radius 2 is 1.68 bits per heavy atom. The summed E-state index contributed by atoms with van der Waals surface area (Å²) in [5.41, 5.74) is 0.430. The molecule has 1 aliphatic carbocycles. The number of nitrogens with one attached hydrogen (secondary N) is 4. The van der Waals surface area contributed by atoms with Gasteiger partial charge < -0.3 is 29.6 Å². The quantitative estimate of drug-likeness (QED) is 0.0351. The lowest BCUT2D eigenvalue weighted by Crippen LogP contribution is -2.31. The molecular weight excluding hydrogens is 718 g/mol. The van der Waals surface area contributed by atoms with Gasteiger partial charge in [0.15, 0.2) is 5.69 Å². The molecule has 0 bridgehead atoms. The van der Waals surface area contributed by atoms with Crippen molar-refractivity contribution in [3.63, 3.8) is 0 Å². The van der Waals surface area contributed by atoms with E-state index < -0.39 is 41.6 Å². The normalized spacial score (nSPS) is 12.8. The summed E-state index contributed by atoms with van der Waals surface area (Å²) in [7, 11) is 1.44. The van der Waals surface area contributed by atoms with E-state index in [1.807, 2.05) is 0 Å². The Kier molecular flexibility index (Phi) is 14.9. The summed E-state index contributed by atoms with van der Waals surface area (Å²) >= 11 is 0. The Morgan fingerprint density at radius 3 is 2.30 bits per heavy atom. The van der Waals surface area contributed by atoms with Gasteiger partial charge >= 0.3 is 18.0 Å². The maximum atomic E-state index is 14.1. The largest absolute Gasteiger partial charge is 0.496 e. The SMILES string of the molecule is C=Cc1cc(C(=O)Nc2ccc(C(=N)NC(=O)OCCCCCC)cc2)c(-c2ccc(C(=O)NCC3CC3)nc2C(=O)OC(C)OC(=O)C(C)(C)C)cc1OC. The number of unbranched alkanes of at least 4 members (excludes halogenated alkanes) is 3. The fourth-order valence-electron chi connectivity index (χ4n) is 5.33. The molecule has 1 saturated carbocycles. The number of benzene rings is 2. The first-order valence-corrected chi connectivity index (χ1v) is 18.6. The van der Waals surface area contributed by atoms with Crippen LogP contribution in [-0.4, -0.2) is 67.2 Å². The molecule has 1 atom stereocenters. The summed E-state index contributed by atoms with van der Waals surface area (Å²) in [6, 6.07) is 12.3. The first-order chi connectivity index (χ1) is 26.6. The van der Waals surface area contributed by atoms with Crippen LogP contribution >= 0.6 is 0 Å². The molecule has 0 spiro atoms. The van der Waals surface area contributed by atoms with Crippen molar-refractivity contribution in [3.8, 4) is 16.9 Å². The molecule has 14 heteroatoms. The molecule has 298 valence electrons. The third-order valence-electron chi connectivity index (χ3n) is 8.74. The zero-order chi connectivity index (χ0) is 41.0. The summed E-state index contributed by atoms with van der Waals surface area (Å²) in [4.78, 5) is 70.1. The average Bonchev–Trinajstić information content (AvgIpc) is 4.00. The van der Waals surface area contributed by atoms with E-state index in [4.69, 9.17) is 24.4 Å². The topological polar surface area (TPSA) is 195 Å². The Hall–Kier alpha value is -6.05. The van der Waals surface area contributed by atoms with Crippen LogP contribution in [0.3, 0.4) is 0 Å². The number of methoxy groups -OCH3 is 1. The minimum absolute atomic E-state index is 0.0539. The van der Waals surface area contributed by atoms with E-state index in [0.717, 1.165) is 38.5 Å². The number of anilines is 1. The number of amidine groups is 1. The summed E-state index contributed by atoms with van der Waals surface area (Å²) < 4.78 is 21.6. The van der Waals surface area contributed by atoms with Crippen LogP contribution in [-0.2, 0) is 19.0 Å². The first kappa shape index (κ1) is 42.7. The second-order valence-corrected chi connectivity index (χ2v) is 14.4. The third-order valence-corrected chi connectivity index (χ3v) is 8.74. The Bertz CT molecular complexity index is 1950. The van der Waals surface area contributed by atoms with Gasteiger partial charge in [0.05, 0.1) is 19.1 Å². The minimum Gasteiger partial charge on any atom is -0.496 e. The fourth-order valence-corrected chi connectivity index (χ4v) is 5.33. The highest BCUT2D eigenvalue weighted by Crippen LogP contribution is 2.35. The number of amides is 3. The van der Waals surface area contributed by atoms with E-state index in [9.17, 15) is 24.0 Å². The molecular formula is C42H51N5O9. The van der Waals surface area contributed by atoms with Crippen LogP contribution in [0.5, 0.6) is 5.75 Å². The van der Waals surface area contributed by atoms with Crippen LogP contribution in [0.2, 0.25) is 0 Å². The van der Waals surface area contributed by atoms with Crippen LogP contribution in [0.1, 0.15) is 116 Å². The molecule has 4 N–H and O–H groups in total. The molecule has 1 fully saturated rings. The number of esters is 2. The van der Waals surface area contributed by atoms with E-state index in [2.05, 4.69) is 34.4 Å². The van der Waals surface area contributed by atoms with Gasteiger partial charge in [0, 0.05) is 47.0 Å². The Morgan fingerprint density at radius 1 is 0.964 bits per heavy atom. The summed E-state index contributed by atoms with van der Waals surface area (Å²) in [5.74, 6) is -2.12. The lowest BCUT2D eigenvalue weighted by atomic mass is 9.94. The molecule has 2 aromatic carbocycles. The van der Waals surface area contributed by atoms with Gasteiger partial charge in [-0.25, -0.2) is 14.6 Å². The van der Waals surface area contributed by atoms with Gasteiger partial charge in [-0.3, -0.25) is 25.1 Å². The highest BCUT2D eigenvalue weighted by molar-refractivity contribution is 6.11. The predicted molar refractivity (Wildman–Crippen MR) is 212 cm³/mol. The number of rotatable bonds is 17. The van der Waals surface area contributed by atoms with E-state index >= 15 is 0 Å². The molecule has 1 unspecified atom stereocenters. The Balaban J connectivity index is 1.64. The second-order valence-electron chi connectivity index (χ2n) is 14.4. The molecule has 0 radical (unpaired) electrons. The van der Waals surface area contributed by atoms with E-state index in [1.54, 1.807) is 51.1 Å². The summed E-state index contributed by atoms with van der Waals surface area (Å²) in [5, 5.41) is 16.4. The maximum Gasteiger partial charge on any atom is 0.412 e. The van der Waals surface area contributed by atoms with Crippen LogP contribution in [0.15, 0.2) is 55.1 Å². The monoisotopic (exact) mass is 769 g/mol. The lowest BCUT2D eigenvalue weighted by molar-refractivity contribution is -0.174. The van der Waals surface area contributed by atoms with Gasteiger partial charge in [-0.05, 0) is 94.5 Å². The lowest BCUT2D eigenvalue weighted by Gasteiger charge is -2.21. The molecule has 3 aromatic rings. The van der Waals surface area contributed by atoms with Gasteiger partial charge in [-0.2, -0.15) is 0 Å². The molecule has 56 heavy (non-hydrogen) atoms. The average molecular weight is 770 g/mol. The number of alkyl carbamates (subject to hydrolysis) is 1. The summed E-state index contributed by atoms with van der Waals surface area (Å²) in [6.07, 6.45) is 5.32. The molecule has 14 nitrogen and oxygen atoms in total. The molecule has 1 aliphatic rings. The highest BCUT2D eigenvalue weighted by atomic mass is 16.7. The van der Waals surface area contributed by atoms with Crippen LogP contribution < -0.4 is 20.7 Å². The van der Waals surface area contributed by atoms with Gasteiger partial charge in [0.2, 0.25) is 6.29 Å². The predicted octanol–water partition coefficient (Wildman–Crippen LogP) is 7.52. The molecule has 1 aromatic heterocycles. The first-order valence-electron chi connectivity index (χ1n) is 18.6. The summed E-state index contributed by atoms with van der Waals surface area (Å²) in [6.45, 7) is 13.0. The standard InChI is InChI=1S/C42H51N5O9/c1-8-10-11-12-21-54-41(52)47-36(43)28-15-17-29(18-16-28)45-37(48)32-22-27(9-2)34(53-7)23-31(32)30-19-20-33(38(49)44-24-26-13-14-26)46-35(30)39(50)55-25(3)56-40(51)42(4,5)6/h9,15-20,22-23,25-26H,2,8,10-14,21,24H2,1,3-7H3,(H,44,49)(H,45,48)(H2,43,47,52). The van der Waals surface area contributed by atoms with Crippen molar-refractivity contribution < 1.29 is 42.9 Å². The van der Waals surface area contributed by atoms with Gasteiger partial charge in [-0.15, -0.1) is 0 Å². The zero-order valence-corrected chi connectivity index (χ0v) is 32.8. The van der Waals surface area contributed by atoms with Gasteiger partial charge in [0.1, 0.15) is 17.3 Å². The number of ether oxygens (including phenoxy) is 4. The molecule has 1 heterocycles. The minimum atomic E-state index is -1.31. The maximum absolute atomic E-state index is 14.1. The van der Waals surface area contributed by atoms with E-state index in [0.29, 0.717) is 35.0 Å². The number of nitrogens with zero attached hydrogens (tertiary/aromatic N) is 1. The van der Waals surface area contributed by atoms with Crippen molar-refractivity contribution in [2.24, 2.45) is 11.3 Å². The van der Waals surface area contributed by atoms with Crippen molar-refractivity contribution >= 4 is 47.4 Å². The molecule has 0 saturated heterocycles. The number of carbonyl (C=O) groups excluding carboxylic acids is 5. The van der Waals surface area contributed by atoms with Crippen molar-refractivity contribution in [1.29, 1.82) is 5.41 Å². The van der Waals surface area contributed by atoms with Gasteiger partial charge in [0.25, 0.3) is 11.8 Å². The van der Waals surface area contributed by atoms with Crippen molar-refractivity contribution in [3.05, 3.63) is 83.2 Å². The highest BCUT2D eigenvalue weighted by Gasteiger charge is 2.30. The number of aromatic nitrogens is 1. The number of hydrogen-bond acceptors (Lipinski definition) is 11. The number of hydrogen-bond donors (Lipinski definition) is 4. The molecule has 0 aliphatic heterocycles. The molecule has 3 amide bonds. The van der Waals surface area contributed by atoms with Crippen molar-refractivity contribution in [2.75, 3.05) is 25.6 Å². The van der Waals surface area contributed by atoms with Crippen LogP contribution in [0.4, 0.5) is 10.5 Å². The number of carbonyl (C=O) groups is 5. The van der Waals surface area contributed by atoms with Crippen molar-refractivity contribution in [2.45, 2.75) is 79.4 Å². The fraction of sp³-hybridized carbons (Fsp3) is 0.405. The van der Waals surface area contributed by atoms with Gasteiger partial charge in [-0.1, -0.05) is 38.8 Å². The third kappa shape index (κ3) is 12.0. The smallest absolute Gasteiger partial charge is 0.412 e. The Labute approximate surface area is 327 Å². The van der Waals surface area contributed by atoms with Crippen LogP contribution in [0.25, 0.3) is 17.2 Å². The second kappa shape index (κ2) is 19.5. The molecule has 4 rings (SSSR count). The van der Waals surface area contributed by atoms with Crippen LogP contribution in [0, 0.1) is 16.7 Å². The van der Waals surface area contributed by atoms with E-state index in [-0.39, 0.29) is 40.5 Å². The zero-order valence-electron chi connectivity index (χ0n) is 32.8. The van der Waals surface area contributed by atoms with E-state index in [1.165, 1.54) is 38.3 Å². The van der Waals surface area contributed by atoms with Crippen molar-refractivity contribution in [1.82, 2.24) is 15.6 Å².